The van der Waals surface area contributed by atoms with Gasteiger partial charge in [-0.05, 0) is 31.5 Å². The van der Waals surface area contributed by atoms with Crippen LogP contribution in [0.4, 0.5) is 11.8 Å². The predicted molar refractivity (Wildman–Crippen MR) is 162 cm³/mol. The molecule has 2 aliphatic heterocycles. The maximum Gasteiger partial charge on any atom is 0.223 e. The zero-order valence-electron chi connectivity index (χ0n) is 23.4. The van der Waals surface area contributed by atoms with E-state index in [0.717, 1.165) is 31.4 Å². The van der Waals surface area contributed by atoms with Gasteiger partial charge in [-0.25, -0.2) is 15.0 Å². The van der Waals surface area contributed by atoms with Crippen molar-refractivity contribution in [1.82, 2.24) is 19.9 Å². The smallest absolute Gasteiger partial charge is 0.223 e. The van der Waals surface area contributed by atoms with Crippen LogP contribution >= 0.6 is 23.2 Å². The first-order valence-electron chi connectivity index (χ1n) is 13.5. The quantitative estimate of drug-likeness (QED) is 0.293. The van der Waals surface area contributed by atoms with Crippen molar-refractivity contribution < 1.29 is 19.0 Å². The summed E-state index contributed by atoms with van der Waals surface area (Å²) in [6.45, 7) is 7.42. The van der Waals surface area contributed by atoms with E-state index < -0.39 is 0 Å². The third-order valence-corrected chi connectivity index (χ3v) is 8.35. The minimum atomic E-state index is -0.110. The highest BCUT2D eigenvalue weighted by atomic mass is 35.5. The molecule has 12 heteroatoms. The fourth-order valence-corrected chi connectivity index (χ4v) is 6.06. The molecule has 2 aliphatic rings. The Morgan fingerprint density at radius 1 is 1.20 bits per heavy atom. The van der Waals surface area contributed by atoms with Crippen LogP contribution in [0.15, 0.2) is 31.0 Å². The molecular formula is C29H34Cl2N6O4. The Labute approximate surface area is 249 Å². The van der Waals surface area contributed by atoms with Gasteiger partial charge in [0, 0.05) is 61.8 Å². The molecule has 2 saturated heterocycles. The lowest BCUT2D eigenvalue weighted by Gasteiger charge is -2.36. The standard InChI is InChI=1S/C29H34Cl2N6O4/c1-5-19(38)8-17-6-7-41-15-21(17)35-29-33-12-18-9-20(24-25(30)22(39-3)10-23(40-4)26(24)31)34-28(27(18)36-29)32-11-16-13-37(2)14-16/h5,9-10,12,16-17,21H,1,6-8,11,13-15H2,2-4H3,(H,32,34)(H,33,35,36)/t17-,21-/m1/s1. The number of anilines is 2. The van der Waals surface area contributed by atoms with Gasteiger partial charge in [-0.2, -0.15) is 0 Å². The Morgan fingerprint density at radius 3 is 2.59 bits per heavy atom. The number of fused-ring (bicyclic) bond motifs is 1. The summed E-state index contributed by atoms with van der Waals surface area (Å²) in [5, 5.41) is 8.31. The van der Waals surface area contributed by atoms with Crippen molar-refractivity contribution in [2.24, 2.45) is 11.8 Å². The molecule has 0 spiro atoms. The first-order valence-corrected chi connectivity index (χ1v) is 14.3. The summed E-state index contributed by atoms with van der Waals surface area (Å²) in [7, 11) is 5.17. The second-order valence-electron chi connectivity index (χ2n) is 10.5. The molecule has 2 atom stereocenters. The first-order chi connectivity index (χ1) is 19.8. The molecule has 3 aromatic rings. The molecule has 0 unspecified atom stereocenters. The molecule has 0 radical (unpaired) electrons. The Kier molecular flexibility index (Phi) is 9.13. The maximum absolute atomic E-state index is 12.1. The van der Waals surface area contributed by atoms with Crippen molar-refractivity contribution in [3.05, 3.63) is 41.0 Å². The summed E-state index contributed by atoms with van der Waals surface area (Å²) in [6.07, 6.45) is 4.28. The molecule has 0 aliphatic carbocycles. The van der Waals surface area contributed by atoms with Crippen LogP contribution in [0, 0.1) is 11.8 Å². The number of likely N-dealkylation sites (tertiary alicyclic amines) is 1. The van der Waals surface area contributed by atoms with Crippen LogP contribution in [0.3, 0.4) is 0 Å². The number of nitrogens with one attached hydrogen (secondary N) is 2. The number of methoxy groups -OCH3 is 2. The Hall–Kier alpha value is -3.18. The number of hydrogen-bond donors (Lipinski definition) is 2. The average molecular weight is 602 g/mol. The monoisotopic (exact) mass is 600 g/mol. The number of rotatable bonds is 11. The van der Waals surface area contributed by atoms with Gasteiger partial charge in [0.2, 0.25) is 5.95 Å². The average Bonchev–Trinajstić information content (AvgIpc) is 2.96. The zero-order valence-corrected chi connectivity index (χ0v) is 24.9. The second kappa shape index (κ2) is 12.8. The van der Waals surface area contributed by atoms with Gasteiger partial charge < -0.3 is 29.7 Å². The van der Waals surface area contributed by atoms with E-state index in [-0.39, 0.29) is 17.7 Å². The molecule has 218 valence electrons. The summed E-state index contributed by atoms with van der Waals surface area (Å²) in [4.78, 5) is 28.7. The second-order valence-corrected chi connectivity index (χ2v) is 11.2. The number of ether oxygens (including phenoxy) is 3. The molecule has 1 aromatic carbocycles. The third-order valence-electron chi connectivity index (χ3n) is 7.60. The molecule has 0 bridgehead atoms. The number of hydrogen-bond acceptors (Lipinski definition) is 10. The normalized spacial score (nSPS) is 19.4. The van der Waals surface area contributed by atoms with Crippen LogP contribution in [0.5, 0.6) is 11.5 Å². The number of nitrogens with zero attached hydrogens (tertiary/aromatic N) is 4. The fourth-order valence-electron chi connectivity index (χ4n) is 5.36. The van der Waals surface area contributed by atoms with E-state index in [9.17, 15) is 4.79 Å². The fraction of sp³-hybridized carbons (Fsp3) is 0.448. The largest absolute Gasteiger partial charge is 0.495 e. The van der Waals surface area contributed by atoms with Gasteiger partial charge in [0.1, 0.15) is 17.0 Å². The van der Waals surface area contributed by atoms with Crippen molar-refractivity contribution in [3.8, 4) is 22.8 Å². The molecule has 41 heavy (non-hydrogen) atoms. The van der Waals surface area contributed by atoms with Gasteiger partial charge in [-0.1, -0.05) is 29.8 Å². The Balaban J connectivity index is 1.53. The molecule has 10 nitrogen and oxygen atoms in total. The van der Waals surface area contributed by atoms with E-state index in [1.54, 1.807) is 12.3 Å². The van der Waals surface area contributed by atoms with Crippen LogP contribution < -0.4 is 20.1 Å². The van der Waals surface area contributed by atoms with Crippen LogP contribution in [0.2, 0.25) is 10.0 Å². The lowest BCUT2D eigenvalue weighted by Crippen LogP contribution is -2.46. The summed E-state index contributed by atoms with van der Waals surface area (Å²) >= 11 is 13.5. The lowest BCUT2D eigenvalue weighted by molar-refractivity contribution is -0.116. The van der Waals surface area contributed by atoms with Gasteiger partial charge in [0.05, 0.1) is 42.6 Å². The maximum atomic E-state index is 12.1. The van der Waals surface area contributed by atoms with E-state index in [1.807, 2.05) is 6.07 Å². The Bertz CT molecular complexity index is 1420. The summed E-state index contributed by atoms with van der Waals surface area (Å²) < 4.78 is 16.6. The molecular weight excluding hydrogens is 567 g/mol. The number of benzene rings is 1. The molecule has 2 N–H and O–H groups in total. The SMILES string of the molecule is C=CC(=O)C[C@H]1CCOC[C@H]1Nc1ncc2cc(-c3c(Cl)c(OC)cc(OC)c3Cl)nc(NCC3CN(C)C3)c2n1. The summed E-state index contributed by atoms with van der Waals surface area (Å²) in [5.41, 5.74) is 1.68. The van der Waals surface area contributed by atoms with Crippen molar-refractivity contribution >= 4 is 51.7 Å². The number of allylic oxidation sites excluding steroid dienone is 1. The highest BCUT2D eigenvalue weighted by molar-refractivity contribution is 6.41. The van der Waals surface area contributed by atoms with Crippen molar-refractivity contribution in [2.45, 2.75) is 18.9 Å². The van der Waals surface area contributed by atoms with Crippen molar-refractivity contribution in [2.75, 3.05) is 64.7 Å². The molecule has 2 fully saturated rings. The number of aromatic nitrogens is 3. The van der Waals surface area contributed by atoms with Gasteiger partial charge in [0.15, 0.2) is 11.6 Å². The summed E-state index contributed by atoms with van der Waals surface area (Å²) in [5.74, 6) is 2.47. The van der Waals surface area contributed by atoms with E-state index in [1.165, 1.54) is 20.3 Å². The summed E-state index contributed by atoms with van der Waals surface area (Å²) in [6, 6.07) is 3.39. The van der Waals surface area contributed by atoms with Crippen molar-refractivity contribution in [1.29, 1.82) is 0 Å². The van der Waals surface area contributed by atoms with Gasteiger partial charge in [-0.3, -0.25) is 4.79 Å². The lowest BCUT2D eigenvalue weighted by atomic mass is 9.90. The molecule has 2 aromatic heterocycles. The molecule has 0 saturated carbocycles. The van der Waals surface area contributed by atoms with Crippen molar-refractivity contribution in [3.63, 3.8) is 0 Å². The highest BCUT2D eigenvalue weighted by Gasteiger charge is 2.29. The van der Waals surface area contributed by atoms with Crippen LogP contribution in [0.25, 0.3) is 22.2 Å². The van der Waals surface area contributed by atoms with E-state index in [0.29, 0.717) is 75.6 Å². The van der Waals surface area contributed by atoms with E-state index >= 15 is 0 Å². The minimum Gasteiger partial charge on any atom is -0.495 e. The Morgan fingerprint density at radius 2 is 1.93 bits per heavy atom. The number of halogens is 2. The molecule has 0 amide bonds. The van der Waals surface area contributed by atoms with Crippen LogP contribution in [-0.4, -0.2) is 85.8 Å². The number of pyridine rings is 1. The van der Waals surface area contributed by atoms with Gasteiger partial charge in [-0.15, -0.1) is 0 Å². The number of carbonyl (C=O) groups excluding carboxylic acids is 1. The predicted octanol–water partition coefficient (Wildman–Crippen LogP) is 4.95. The number of ketones is 1. The van der Waals surface area contributed by atoms with E-state index in [4.69, 9.17) is 47.4 Å². The van der Waals surface area contributed by atoms with Gasteiger partial charge >= 0.3 is 0 Å². The molecule has 4 heterocycles. The van der Waals surface area contributed by atoms with Crippen LogP contribution in [0.1, 0.15) is 12.8 Å². The zero-order chi connectivity index (χ0) is 29.1. The first kappa shape index (κ1) is 29.3. The highest BCUT2D eigenvalue weighted by Crippen LogP contribution is 2.46. The van der Waals surface area contributed by atoms with Gasteiger partial charge in [0.25, 0.3) is 0 Å². The number of carbonyl (C=O) groups is 1. The minimum absolute atomic E-state index is 0.0134. The topological polar surface area (TPSA) is 111 Å². The third kappa shape index (κ3) is 6.35. The van der Waals surface area contributed by atoms with Crippen LogP contribution in [-0.2, 0) is 9.53 Å². The van der Waals surface area contributed by atoms with E-state index in [2.05, 4.69) is 34.1 Å². The molecule has 5 rings (SSSR count).